The number of aromatic nitrogens is 1. The molecule has 2 aliphatic rings. The normalized spacial score (nSPS) is 22.1. The number of piperidine rings is 1. The van der Waals surface area contributed by atoms with E-state index in [1.807, 2.05) is 18.3 Å². The number of fused-ring (bicyclic) bond motifs is 1. The first-order valence-electron chi connectivity index (χ1n) is 13.5. The van der Waals surface area contributed by atoms with Crippen LogP contribution in [0, 0.1) is 17.8 Å². The highest BCUT2D eigenvalue weighted by atomic mass is 16.5. The highest BCUT2D eigenvalue weighted by molar-refractivity contribution is 5.83. The number of rotatable bonds is 11. The monoisotopic (exact) mass is 466 g/mol. The Bertz CT molecular complexity index is 925. The summed E-state index contributed by atoms with van der Waals surface area (Å²) in [6, 6.07) is 8.23. The first kappa shape index (κ1) is 25.0. The van der Waals surface area contributed by atoms with Crippen molar-refractivity contribution in [2.24, 2.45) is 17.8 Å². The Hall–Kier alpha value is -2.14. The summed E-state index contributed by atoms with van der Waals surface area (Å²) < 4.78 is 5.43. The smallest absolute Gasteiger partial charge is 0.303 e. The van der Waals surface area contributed by atoms with E-state index in [4.69, 9.17) is 4.74 Å². The molecule has 1 aliphatic carbocycles. The van der Waals surface area contributed by atoms with Crippen LogP contribution in [0.15, 0.2) is 30.5 Å². The van der Waals surface area contributed by atoms with Gasteiger partial charge in [-0.1, -0.05) is 32.1 Å². The van der Waals surface area contributed by atoms with Gasteiger partial charge in [-0.25, -0.2) is 0 Å². The molecule has 2 aromatic rings. The lowest BCUT2D eigenvalue weighted by molar-refractivity contribution is -0.137. The number of nitrogens with zero attached hydrogens (tertiary/aromatic N) is 2. The third kappa shape index (κ3) is 6.94. The fourth-order valence-electron chi connectivity index (χ4n) is 6.30. The van der Waals surface area contributed by atoms with Crippen LogP contribution < -0.4 is 4.74 Å². The molecule has 4 rings (SSSR count). The molecule has 5 nitrogen and oxygen atoms in total. The summed E-state index contributed by atoms with van der Waals surface area (Å²) in [6.45, 7) is 3.46. The first-order valence-corrected chi connectivity index (χ1v) is 13.5. The summed E-state index contributed by atoms with van der Waals surface area (Å²) in [5.74, 6) is 2.27. The van der Waals surface area contributed by atoms with Crippen molar-refractivity contribution in [3.63, 3.8) is 0 Å². The minimum absolute atomic E-state index is 0.298. The Balaban J connectivity index is 1.32. The first-order chi connectivity index (χ1) is 16.6. The average Bonchev–Trinajstić information content (AvgIpc) is 2.87. The quantitative estimate of drug-likeness (QED) is 0.419. The van der Waals surface area contributed by atoms with Crippen LogP contribution in [0.25, 0.3) is 10.9 Å². The molecule has 1 saturated carbocycles. The van der Waals surface area contributed by atoms with E-state index in [0.717, 1.165) is 43.0 Å². The molecule has 186 valence electrons. The minimum Gasteiger partial charge on any atom is -0.497 e. The van der Waals surface area contributed by atoms with Gasteiger partial charge in [0.25, 0.3) is 0 Å². The zero-order chi connectivity index (χ0) is 23.8. The third-order valence-corrected chi connectivity index (χ3v) is 8.34. The van der Waals surface area contributed by atoms with Gasteiger partial charge in [0.15, 0.2) is 0 Å². The fraction of sp³-hybridized carbons (Fsp3) is 0.655. The minimum atomic E-state index is -0.657. The highest BCUT2D eigenvalue weighted by Crippen LogP contribution is 2.33. The van der Waals surface area contributed by atoms with Gasteiger partial charge in [-0.05, 0) is 99.2 Å². The number of aryl methyl sites for hydroxylation is 1. The molecule has 1 aliphatic heterocycles. The van der Waals surface area contributed by atoms with E-state index in [-0.39, 0.29) is 0 Å². The number of pyridine rings is 1. The second kappa shape index (κ2) is 12.5. The van der Waals surface area contributed by atoms with Crippen molar-refractivity contribution >= 4 is 16.9 Å². The lowest BCUT2D eigenvalue weighted by atomic mass is 9.79. The molecule has 2 unspecified atom stereocenters. The number of benzene rings is 1. The summed E-state index contributed by atoms with van der Waals surface area (Å²) in [4.78, 5) is 18.5. The Morgan fingerprint density at radius 1 is 1.09 bits per heavy atom. The number of carboxylic acid groups (broad SMARTS) is 1. The molecular formula is C29H42N2O3. The molecule has 2 fully saturated rings. The number of ether oxygens (including phenoxy) is 1. The molecule has 5 heteroatoms. The predicted octanol–water partition coefficient (Wildman–Crippen LogP) is 6.34. The van der Waals surface area contributed by atoms with Crippen molar-refractivity contribution in [3.05, 3.63) is 36.0 Å². The summed E-state index contributed by atoms with van der Waals surface area (Å²) in [7, 11) is 1.70. The second-order valence-corrected chi connectivity index (χ2v) is 10.6. The van der Waals surface area contributed by atoms with E-state index in [2.05, 4.69) is 22.0 Å². The predicted molar refractivity (Wildman–Crippen MR) is 137 cm³/mol. The summed E-state index contributed by atoms with van der Waals surface area (Å²) in [5, 5.41) is 10.5. The van der Waals surface area contributed by atoms with Crippen LogP contribution >= 0.6 is 0 Å². The maximum Gasteiger partial charge on any atom is 0.303 e. The lowest BCUT2D eigenvalue weighted by Gasteiger charge is -2.39. The van der Waals surface area contributed by atoms with Gasteiger partial charge >= 0.3 is 5.97 Å². The molecule has 2 atom stereocenters. The van der Waals surface area contributed by atoms with Gasteiger partial charge in [-0.15, -0.1) is 0 Å². The Labute approximate surface area is 204 Å². The van der Waals surface area contributed by atoms with Crippen LogP contribution in [-0.2, 0) is 11.2 Å². The van der Waals surface area contributed by atoms with Gasteiger partial charge in [0.05, 0.1) is 12.6 Å². The number of hydrogen-bond acceptors (Lipinski definition) is 4. The summed E-state index contributed by atoms with van der Waals surface area (Å²) >= 11 is 0. The van der Waals surface area contributed by atoms with Gasteiger partial charge in [0, 0.05) is 24.5 Å². The van der Waals surface area contributed by atoms with E-state index in [1.165, 1.54) is 75.4 Å². The molecule has 1 saturated heterocycles. The molecule has 0 bridgehead atoms. The topological polar surface area (TPSA) is 62.7 Å². The SMILES string of the molecule is COc1ccc2nccc(CCCC3CCN(CCC4CCCCC4)CC3CCC(=O)O)c2c1. The second-order valence-electron chi connectivity index (χ2n) is 10.6. The number of hydrogen-bond donors (Lipinski definition) is 1. The summed E-state index contributed by atoms with van der Waals surface area (Å²) in [6.07, 6.45) is 16.0. The van der Waals surface area contributed by atoms with Crippen molar-refractivity contribution in [1.29, 1.82) is 0 Å². The Morgan fingerprint density at radius 2 is 1.94 bits per heavy atom. The molecule has 0 spiro atoms. The standard InChI is InChI=1S/C29H42N2O3/c1-34-26-11-12-28-27(20-26)24(14-17-30-28)9-5-8-23-16-19-31(21-25(23)10-13-29(32)33)18-15-22-6-3-2-4-7-22/h11-12,14,17,20,22-23,25H,2-10,13,15-16,18-19,21H2,1H3,(H,32,33). The van der Waals surface area contributed by atoms with Crippen LogP contribution in [0.2, 0.25) is 0 Å². The van der Waals surface area contributed by atoms with Gasteiger partial charge in [0.1, 0.15) is 5.75 Å². The van der Waals surface area contributed by atoms with Crippen molar-refractivity contribution in [2.75, 3.05) is 26.7 Å². The third-order valence-electron chi connectivity index (χ3n) is 8.34. The Kier molecular flexibility index (Phi) is 9.20. The number of methoxy groups -OCH3 is 1. The molecule has 1 aromatic carbocycles. The van der Waals surface area contributed by atoms with E-state index < -0.39 is 5.97 Å². The lowest BCUT2D eigenvalue weighted by Crippen LogP contribution is -2.41. The molecule has 2 heterocycles. The van der Waals surface area contributed by atoms with Crippen molar-refractivity contribution in [1.82, 2.24) is 9.88 Å². The highest BCUT2D eigenvalue weighted by Gasteiger charge is 2.29. The molecule has 0 radical (unpaired) electrons. The molecule has 0 amide bonds. The fourth-order valence-corrected chi connectivity index (χ4v) is 6.30. The molecule has 1 N–H and O–H groups in total. The van der Waals surface area contributed by atoms with Crippen molar-refractivity contribution in [2.45, 2.75) is 77.0 Å². The molecule has 1 aromatic heterocycles. The van der Waals surface area contributed by atoms with Gasteiger partial charge in [-0.2, -0.15) is 0 Å². The maximum atomic E-state index is 11.3. The zero-order valence-corrected chi connectivity index (χ0v) is 20.9. The van der Waals surface area contributed by atoms with Crippen LogP contribution in [0.5, 0.6) is 5.75 Å². The van der Waals surface area contributed by atoms with Crippen LogP contribution in [0.3, 0.4) is 0 Å². The van der Waals surface area contributed by atoms with Gasteiger partial charge < -0.3 is 14.7 Å². The van der Waals surface area contributed by atoms with Crippen LogP contribution in [0.1, 0.15) is 76.2 Å². The van der Waals surface area contributed by atoms with E-state index in [9.17, 15) is 9.90 Å². The van der Waals surface area contributed by atoms with Gasteiger partial charge in [-0.3, -0.25) is 9.78 Å². The number of carbonyl (C=O) groups is 1. The molecular weight excluding hydrogens is 424 g/mol. The number of carboxylic acids is 1. The van der Waals surface area contributed by atoms with Crippen molar-refractivity contribution < 1.29 is 14.6 Å². The number of aliphatic carboxylic acids is 1. The zero-order valence-electron chi connectivity index (χ0n) is 20.9. The Morgan fingerprint density at radius 3 is 2.74 bits per heavy atom. The summed E-state index contributed by atoms with van der Waals surface area (Å²) in [5.41, 5.74) is 2.35. The largest absolute Gasteiger partial charge is 0.497 e. The van der Waals surface area contributed by atoms with Crippen LogP contribution in [0.4, 0.5) is 0 Å². The van der Waals surface area contributed by atoms with Crippen LogP contribution in [-0.4, -0.2) is 47.7 Å². The number of likely N-dealkylation sites (tertiary alicyclic amines) is 1. The van der Waals surface area contributed by atoms with E-state index in [0.29, 0.717) is 18.3 Å². The van der Waals surface area contributed by atoms with Gasteiger partial charge in [0.2, 0.25) is 0 Å². The van der Waals surface area contributed by atoms with E-state index >= 15 is 0 Å². The maximum absolute atomic E-state index is 11.3. The van der Waals surface area contributed by atoms with Crippen molar-refractivity contribution in [3.8, 4) is 5.75 Å². The molecule has 34 heavy (non-hydrogen) atoms. The van der Waals surface area contributed by atoms with E-state index in [1.54, 1.807) is 7.11 Å². The average molecular weight is 467 g/mol.